The zero-order chi connectivity index (χ0) is 20.1. The van der Waals surface area contributed by atoms with E-state index in [-0.39, 0.29) is 23.4 Å². The summed E-state index contributed by atoms with van der Waals surface area (Å²) in [7, 11) is -3.66. The fourth-order valence-corrected chi connectivity index (χ4v) is 6.57. The minimum atomic E-state index is -3.66. The number of sulfonamides is 1. The molecule has 1 atom stereocenters. The van der Waals surface area contributed by atoms with Crippen molar-refractivity contribution in [2.45, 2.75) is 43.7 Å². The van der Waals surface area contributed by atoms with Gasteiger partial charge in [0.2, 0.25) is 10.0 Å². The van der Waals surface area contributed by atoms with Crippen LogP contribution in [0.25, 0.3) is 0 Å². The van der Waals surface area contributed by atoms with Crippen LogP contribution in [0.4, 0.5) is 0 Å². The monoisotopic (exact) mass is 420 g/mol. The maximum absolute atomic E-state index is 13.2. The van der Waals surface area contributed by atoms with Gasteiger partial charge < -0.3 is 9.64 Å². The topological polar surface area (TPSA) is 66.9 Å². The largest absolute Gasteiger partial charge is 0.483 e. The van der Waals surface area contributed by atoms with E-state index in [0.29, 0.717) is 30.1 Å². The highest BCUT2D eigenvalue weighted by Crippen LogP contribution is 2.39. The van der Waals surface area contributed by atoms with Crippen molar-refractivity contribution < 1.29 is 17.9 Å². The Labute approximate surface area is 169 Å². The van der Waals surface area contributed by atoms with Gasteiger partial charge in [0.25, 0.3) is 5.91 Å². The van der Waals surface area contributed by atoms with E-state index in [9.17, 15) is 13.2 Å². The summed E-state index contributed by atoms with van der Waals surface area (Å²) in [6.45, 7) is 6.86. The zero-order valence-electron chi connectivity index (χ0n) is 16.2. The lowest BCUT2D eigenvalue weighted by Crippen LogP contribution is -2.51. The van der Waals surface area contributed by atoms with Gasteiger partial charge in [-0.2, -0.15) is 4.31 Å². The Hall–Kier alpha value is -1.90. The van der Waals surface area contributed by atoms with Crippen LogP contribution in [0.15, 0.2) is 41.3 Å². The average molecular weight is 421 g/mol. The molecule has 0 N–H and O–H groups in total. The van der Waals surface area contributed by atoms with Gasteiger partial charge in [0.05, 0.1) is 18.0 Å². The number of nitrogens with zero attached hydrogens (tertiary/aromatic N) is 2. The van der Waals surface area contributed by atoms with Gasteiger partial charge in [0, 0.05) is 23.9 Å². The fourth-order valence-electron chi connectivity index (χ4n) is 3.90. The summed E-state index contributed by atoms with van der Waals surface area (Å²) < 4.78 is 34.3. The Morgan fingerprint density at radius 3 is 2.61 bits per heavy atom. The molecule has 0 aliphatic carbocycles. The van der Waals surface area contributed by atoms with Crippen LogP contribution in [-0.4, -0.2) is 54.8 Å². The Morgan fingerprint density at radius 2 is 1.93 bits per heavy atom. The fraction of sp³-hybridized carbons (Fsp3) is 0.450. The van der Waals surface area contributed by atoms with Crippen molar-refractivity contribution in [3.63, 3.8) is 0 Å². The van der Waals surface area contributed by atoms with Crippen molar-refractivity contribution >= 4 is 27.3 Å². The van der Waals surface area contributed by atoms with Crippen LogP contribution in [0.3, 0.4) is 0 Å². The number of carbonyl (C=O) groups is 1. The quantitative estimate of drug-likeness (QED) is 0.749. The average Bonchev–Trinajstić information content (AvgIpc) is 3.24. The molecule has 2 aliphatic heterocycles. The number of ether oxygens (including phenoxy) is 1. The smallest absolute Gasteiger partial charge is 0.264 e. The van der Waals surface area contributed by atoms with E-state index in [4.69, 9.17) is 4.74 Å². The Balaban J connectivity index is 1.69. The van der Waals surface area contributed by atoms with Crippen LogP contribution in [-0.2, 0) is 10.0 Å². The third-order valence-corrected chi connectivity index (χ3v) is 8.39. The van der Waals surface area contributed by atoms with Crippen molar-refractivity contribution in [2.75, 3.05) is 19.6 Å². The number of benzene rings is 1. The van der Waals surface area contributed by atoms with E-state index in [1.165, 1.54) is 15.6 Å². The molecule has 4 rings (SSSR count). The van der Waals surface area contributed by atoms with Crippen molar-refractivity contribution in [3.8, 4) is 5.75 Å². The highest BCUT2D eigenvalue weighted by atomic mass is 32.2. The van der Waals surface area contributed by atoms with Crippen LogP contribution in [0.1, 0.15) is 34.8 Å². The number of aryl methyl sites for hydroxylation is 1. The number of carbonyl (C=O) groups excluding carboxylic acids is 1. The number of likely N-dealkylation sites (tertiary alicyclic amines) is 1. The molecule has 1 fully saturated rings. The first-order valence-corrected chi connectivity index (χ1v) is 11.6. The van der Waals surface area contributed by atoms with E-state index in [1.54, 1.807) is 29.2 Å². The van der Waals surface area contributed by atoms with E-state index >= 15 is 0 Å². The molecule has 0 radical (unpaired) electrons. The summed E-state index contributed by atoms with van der Waals surface area (Å²) in [5, 5.41) is 0. The second kappa shape index (κ2) is 6.86. The molecule has 2 aliphatic rings. The lowest BCUT2D eigenvalue weighted by atomic mass is 10.0. The first-order valence-electron chi connectivity index (χ1n) is 9.37. The summed E-state index contributed by atoms with van der Waals surface area (Å²) in [4.78, 5) is 16.7. The Morgan fingerprint density at radius 1 is 1.18 bits per heavy atom. The number of para-hydroxylation sites is 1. The number of fused-ring (bicyclic) bond motifs is 1. The predicted molar refractivity (Wildman–Crippen MR) is 108 cm³/mol. The molecule has 2 aromatic rings. The SMILES string of the molecule is Cc1ccc(C(=O)N2CC[C@]3(C2)CN(C(C)C)S(=O)(=O)c2ccccc2O3)s1. The normalized spacial score (nSPS) is 24.2. The summed E-state index contributed by atoms with van der Waals surface area (Å²) in [6.07, 6.45) is 0.593. The number of hydrogen-bond acceptors (Lipinski definition) is 5. The molecule has 1 aromatic carbocycles. The van der Waals surface area contributed by atoms with Gasteiger partial charge in [-0.1, -0.05) is 12.1 Å². The molecule has 0 bridgehead atoms. The zero-order valence-corrected chi connectivity index (χ0v) is 17.8. The molecule has 1 aromatic heterocycles. The first kappa shape index (κ1) is 19.4. The maximum Gasteiger partial charge on any atom is 0.264 e. The molecule has 1 amide bonds. The molecule has 1 saturated heterocycles. The lowest BCUT2D eigenvalue weighted by molar-refractivity contribution is 0.0486. The predicted octanol–water partition coefficient (Wildman–Crippen LogP) is 3.13. The van der Waals surface area contributed by atoms with Gasteiger partial charge in [0.1, 0.15) is 16.2 Å². The van der Waals surface area contributed by atoms with Gasteiger partial charge in [-0.25, -0.2) is 8.42 Å². The Kier molecular flexibility index (Phi) is 4.76. The van der Waals surface area contributed by atoms with E-state index < -0.39 is 15.6 Å². The third-order valence-electron chi connectivity index (χ3n) is 5.34. The van der Waals surface area contributed by atoms with E-state index in [0.717, 1.165) is 4.88 Å². The summed E-state index contributed by atoms with van der Waals surface area (Å²) >= 11 is 1.48. The van der Waals surface area contributed by atoms with Gasteiger partial charge in [-0.15, -0.1) is 11.3 Å². The standard InChI is InChI=1S/C20H24N2O4S2/c1-14(2)22-13-20(26-16-6-4-5-7-18(16)28(22,24)25)10-11-21(12-20)19(23)17-9-8-15(3)27-17/h4-9,14H,10-13H2,1-3H3/t20-/m0/s1. The van der Waals surface area contributed by atoms with Gasteiger partial charge in [-0.3, -0.25) is 4.79 Å². The van der Waals surface area contributed by atoms with Crippen LogP contribution >= 0.6 is 11.3 Å². The number of amides is 1. The van der Waals surface area contributed by atoms with Gasteiger partial charge in [0.15, 0.2) is 0 Å². The van der Waals surface area contributed by atoms with Crippen LogP contribution in [0.5, 0.6) is 5.75 Å². The Bertz CT molecular complexity index is 1010. The number of rotatable bonds is 2. The summed E-state index contributed by atoms with van der Waals surface area (Å²) in [5.74, 6) is 0.349. The van der Waals surface area contributed by atoms with Gasteiger partial charge in [-0.05, 0) is 45.0 Å². The molecule has 0 saturated carbocycles. The minimum Gasteiger partial charge on any atom is -0.483 e. The minimum absolute atomic E-state index is 0.0185. The van der Waals surface area contributed by atoms with Crippen molar-refractivity contribution in [2.24, 2.45) is 0 Å². The van der Waals surface area contributed by atoms with Crippen LogP contribution in [0, 0.1) is 6.92 Å². The molecule has 28 heavy (non-hydrogen) atoms. The first-order chi connectivity index (χ1) is 13.2. The number of thiophene rings is 1. The van der Waals surface area contributed by atoms with E-state index in [1.807, 2.05) is 32.9 Å². The molecule has 150 valence electrons. The molecular weight excluding hydrogens is 396 g/mol. The van der Waals surface area contributed by atoms with Crippen molar-refractivity contribution in [1.82, 2.24) is 9.21 Å². The summed E-state index contributed by atoms with van der Waals surface area (Å²) in [6, 6.07) is 10.4. The second-order valence-electron chi connectivity index (χ2n) is 7.76. The third kappa shape index (κ3) is 3.23. The van der Waals surface area contributed by atoms with Crippen molar-refractivity contribution in [1.29, 1.82) is 0 Å². The number of hydrogen-bond donors (Lipinski definition) is 0. The van der Waals surface area contributed by atoms with E-state index in [2.05, 4.69) is 0 Å². The summed E-state index contributed by atoms with van der Waals surface area (Å²) in [5.41, 5.74) is -0.744. The molecule has 0 unspecified atom stereocenters. The lowest BCUT2D eigenvalue weighted by Gasteiger charge is -2.33. The highest BCUT2D eigenvalue weighted by Gasteiger charge is 2.49. The van der Waals surface area contributed by atoms with Crippen LogP contribution < -0.4 is 4.74 Å². The molecule has 8 heteroatoms. The highest BCUT2D eigenvalue weighted by molar-refractivity contribution is 7.89. The van der Waals surface area contributed by atoms with Crippen molar-refractivity contribution in [3.05, 3.63) is 46.2 Å². The molecule has 6 nitrogen and oxygen atoms in total. The van der Waals surface area contributed by atoms with Crippen LogP contribution in [0.2, 0.25) is 0 Å². The molecule has 3 heterocycles. The second-order valence-corrected chi connectivity index (χ2v) is 10.9. The molecule has 1 spiro atoms. The van der Waals surface area contributed by atoms with Gasteiger partial charge >= 0.3 is 0 Å². The molecular formula is C20H24N2O4S2. The maximum atomic E-state index is 13.2.